The van der Waals surface area contributed by atoms with E-state index >= 15 is 0 Å². The molecule has 3 N–H and O–H groups in total. The molecule has 17 heavy (non-hydrogen) atoms. The van der Waals surface area contributed by atoms with Gasteiger partial charge in [0, 0.05) is 16.7 Å². The summed E-state index contributed by atoms with van der Waals surface area (Å²) >= 11 is 12.1. The fourth-order valence-electron chi connectivity index (χ4n) is 1.68. The average molecular weight is 277 g/mol. The van der Waals surface area contributed by atoms with Crippen molar-refractivity contribution in [1.29, 1.82) is 0 Å². The molecule has 2 atom stereocenters. The van der Waals surface area contributed by atoms with Crippen molar-refractivity contribution < 1.29 is 4.74 Å². The molecule has 0 saturated carbocycles. The van der Waals surface area contributed by atoms with Crippen molar-refractivity contribution in [3.05, 3.63) is 33.8 Å². The SMILES string of the molecule is CCOC(C)C(Cc1cc(Cl)ccc1Cl)NN. The number of rotatable bonds is 6. The van der Waals surface area contributed by atoms with Crippen LogP contribution in [0.1, 0.15) is 19.4 Å². The van der Waals surface area contributed by atoms with Crippen molar-refractivity contribution in [2.45, 2.75) is 32.4 Å². The Hall–Kier alpha value is -0.320. The predicted molar refractivity (Wildman–Crippen MR) is 72.4 cm³/mol. The molecule has 0 amide bonds. The van der Waals surface area contributed by atoms with E-state index in [0.717, 1.165) is 5.56 Å². The highest BCUT2D eigenvalue weighted by Gasteiger charge is 2.17. The van der Waals surface area contributed by atoms with Crippen LogP contribution in [0.5, 0.6) is 0 Å². The maximum absolute atomic E-state index is 6.11. The summed E-state index contributed by atoms with van der Waals surface area (Å²) in [4.78, 5) is 0. The second-order valence-electron chi connectivity index (χ2n) is 3.87. The van der Waals surface area contributed by atoms with E-state index < -0.39 is 0 Å². The van der Waals surface area contributed by atoms with E-state index in [0.29, 0.717) is 23.1 Å². The standard InChI is InChI=1S/C12H18Cl2N2O/c1-3-17-8(2)12(16-15)7-9-6-10(13)4-5-11(9)14/h4-6,8,12,16H,3,7,15H2,1-2H3. The summed E-state index contributed by atoms with van der Waals surface area (Å²) in [5.74, 6) is 5.53. The van der Waals surface area contributed by atoms with Crippen LogP contribution in [0.4, 0.5) is 0 Å². The van der Waals surface area contributed by atoms with E-state index in [1.54, 1.807) is 12.1 Å². The van der Waals surface area contributed by atoms with Gasteiger partial charge >= 0.3 is 0 Å². The van der Waals surface area contributed by atoms with Gasteiger partial charge in [-0.2, -0.15) is 0 Å². The van der Waals surface area contributed by atoms with E-state index in [4.69, 9.17) is 33.8 Å². The Labute approximate surface area is 112 Å². The summed E-state index contributed by atoms with van der Waals surface area (Å²) in [6, 6.07) is 5.42. The van der Waals surface area contributed by atoms with Gasteiger partial charge in [-0.1, -0.05) is 23.2 Å². The molecular formula is C12H18Cl2N2O. The van der Waals surface area contributed by atoms with Gasteiger partial charge in [0.15, 0.2) is 0 Å². The number of hydrogen-bond donors (Lipinski definition) is 2. The quantitative estimate of drug-likeness (QED) is 0.621. The zero-order valence-electron chi connectivity index (χ0n) is 10.0. The molecule has 0 heterocycles. The Morgan fingerprint density at radius 2 is 2.12 bits per heavy atom. The van der Waals surface area contributed by atoms with Crippen LogP contribution in [-0.2, 0) is 11.2 Å². The first-order valence-corrected chi connectivity index (χ1v) is 6.35. The van der Waals surface area contributed by atoms with Crippen LogP contribution in [0.2, 0.25) is 10.0 Å². The normalized spacial score (nSPS) is 14.6. The van der Waals surface area contributed by atoms with Crippen LogP contribution >= 0.6 is 23.2 Å². The monoisotopic (exact) mass is 276 g/mol. The molecule has 1 aromatic rings. The van der Waals surface area contributed by atoms with Crippen LogP contribution in [0.3, 0.4) is 0 Å². The van der Waals surface area contributed by atoms with Gasteiger partial charge in [0.25, 0.3) is 0 Å². The minimum atomic E-state index is 0.00548. The minimum absolute atomic E-state index is 0.00548. The fraction of sp³-hybridized carbons (Fsp3) is 0.500. The van der Waals surface area contributed by atoms with Crippen LogP contribution in [0.15, 0.2) is 18.2 Å². The maximum atomic E-state index is 6.11. The molecule has 0 saturated heterocycles. The first kappa shape index (κ1) is 14.7. The number of benzene rings is 1. The van der Waals surface area contributed by atoms with Crippen molar-refractivity contribution in [3.8, 4) is 0 Å². The summed E-state index contributed by atoms with van der Waals surface area (Å²) in [5, 5.41) is 1.36. The first-order valence-electron chi connectivity index (χ1n) is 5.60. The van der Waals surface area contributed by atoms with Crippen LogP contribution in [0.25, 0.3) is 0 Å². The van der Waals surface area contributed by atoms with E-state index in [-0.39, 0.29) is 12.1 Å². The van der Waals surface area contributed by atoms with E-state index in [2.05, 4.69) is 5.43 Å². The molecule has 2 unspecified atom stereocenters. The second-order valence-corrected chi connectivity index (χ2v) is 4.72. The minimum Gasteiger partial charge on any atom is -0.377 e. The third-order valence-electron chi connectivity index (χ3n) is 2.66. The summed E-state index contributed by atoms with van der Waals surface area (Å²) in [5.41, 5.74) is 3.72. The van der Waals surface area contributed by atoms with Crippen molar-refractivity contribution in [1.82, 2.24) is 5.43 Å². The molecule has 1 aromatic carbocycles. The third-order valence-corrected chi connectivity index (χ3v) is 3.26. The zero-order chi connectivity index (χ0) is 12.8. The number of nitrogens with two attached hydrogens (primary N) is 1. The lowest BCUT2D eigenvalue weighted by Crippen LogP contribution is -2.45. The maximum Gasteiger partial charge on any atom is 0.0716 e. The van der Waals surface area contributed by atoms with Crippen LogP contribution in [-0.4, -0.2) is 18.8 Å². The van der Waals surface area contributed by atoms with Crippen LogP contribution < -0.4 is 11.3 Å². The van der Waals surface area contributed by atoms with Crippen molar-refractivity contribution in [3.63, 3.8) is 0 Å². The van der Waals surface area contributed by atoms with Gasteiger partial charge in [0.1, 0.15) is 0 Å². The second kappa shape index (κ2) is 7.19. The molecule has 0 spiro atoms. The average Bonchev–Trinajstić information content (AvgIpc) is 2.30. The molecule has 0 radical (unpaired) electrons. The van der Waals surface area contributed by atoms with Gasteiger partial charge in [-0.3, -0.25) is 11.3 Å². The van der Waals surface area contributed by atoms with Gasteiger partial charge in [-0.15, -0.1) is 0 Å². The number of nitrogens with one attached hydrogen (secondary N) is 1. The molecule has 1 rings (SSSR count). The van der Waals surface area contributed by atoms with Gasteiger partial charge in [0.05, 0.1) is 12.1 Å². The number of ether oxygens (including phenoxy) is 1. The van der Waals surface area contributed by atoms with Crippen LogP contribution in [0, 0.1) is 0 Å². The molecular weight excluding hydrogens is 259 g/mol. The molecule has 3 nitrogen and oxygen atoms in total. The summed E-state index contributed by atoms with van der Waals surface area (Å²) in [6.07, 6.45) is 0.692. The largest absolute Gasteiger partial charge is 0.377 e. The fourth-order valence-corrected chi connectivity index (χ4v) is 2.07. The van der Waals surface area contributed by atoms with Gasteiger partial charge < -0.3 is 4.74 Å². The van der Waals surface area contributed by atoms with Crippen molar-refractivity contribution >= 4 is 23.2 Å². The first-order chi connectivity index (χ1) is 8.08. The Kier molecular flexibility index (Phi) is 6.23. The molecule has 0 bridgehead atoms. The van der Waals surface area contributed by atoms with E-state index in [1.807, 2.05) is 19.9 Å². The Morgan fingerprint density at radius 3 is 2.71 bits per heavy atom. The highest BCUT2D eigenvalue weighted by Crippen LogP contribution is 2.22. The lowest BCUT2D eigenvalue weighted by molar-refractivity contribution is 0.0476. The Morgan fingerprint density at radius 1 is 1.41 bits per heavy atom. The molecule has 0 aliphatic heterocycles. The molecule has 96 valence electrons. The smallest absolute Gasteiger partial charge is 0.0716 e. The zero-order valence-corrected chi connectivity index (χ0v) is 11.6. The molecule has 0 aliphatic carbocycles. The highest BCUT2D eigenvalue weighted by atomic mass is 35.5. The highest BCUT2D eigenvalue weighted by molar-refractivity contribution is 6.33. The van der Waals surface area contributed by atoms with Crippen molar-refractivity contribution in [2.75, 3.05) is 6.61 Å². The Balaban J connectivity index is 2.76. The third kappa shape index (κ3) is 4.45. The molecule has 0 aliphatic rings. The van der Waals surface area contributed by atoms with Gasteiger partial charge in [-0.05, 0) is 44.0 Å². The number of halogens is 2. The predicted octanol–water partition coefficient (Wildman–Crippen LogP) is 2.79. The van der Waals surface area contributed by atoms with Gasteiger partial charge in [0.2, 0.25) is 0 Å². The summed E-state index contributed by atoms with van der Waals surface area (Å²) in [6.45, 7) is 4.59. The van der Waals surface area contributed by atoms with E-state index in [9.17, 15) is 0 Å². The van der Waals surface area contributed by atoms with Gasteiger partial charge in [-0.25, -0.2) is 0 Å². The van der Waals surface area contributed by atoms with E-state index in [1.165, 1.54) is 0 Å². The lowest BCUT2D eigenvalue weighted by Gasteiger charge is -2.23. The molecule has 0 aromatic heterocycles. The molecule has 0 fully saturated rings. The topological polar surface area (TPSA) is 47.3 Å². The van der Waals surface area contributed by atoms with Crippen molar-refractivity contribution in [2.24, 2.45) is 5.84 Å². The number of hydrogen-bond acceptors (Lipinski definition) is 3. The lowest BCUT2D eigenvalue weighted by atomic mass is 10.0. The molecule has 5 heteroatoms. The Bertz CT molecular complexity index is 360. The number of hydrazine groups is 1. The summed E-state index contributed by atoms with van der Waals surface area (Å²) in [7, 11) is 0. The summed E-state index contributed by atoms with van der Waals surface area (Å²) < 4.78 is 5.52.